The van der Waals surface area contributed by atoms with Crippen LogP contribution < -0.4 is 0 Å². The first-order chi connectivity index (χ1) is 12.3. The molecular formula is C22H31N3O. The molecule has 0 heterocycles. The summed E-state index contributed by atoms with van der Waals surface area (Å²) in [4.78, 5) is 19.1. The van der Waals surface area contributed by atoms with E-state index in [-0.39, 0.29) is 11.9 Å². The molecule has 0 fully saturated rings. The summed E-state index contributed by atoms with van der Waals surface area (Å²) < 4.78 is 0. The maximum absolute atomic E-state index is 13.2. The molecule has 0 aliphatic heterocycles. The first-order valence-electron chi connectivity index (χ1n) is 8.99. The zero-order valence-electron chi connectivity index (χ0n) is 16.9. The Balaban J connectivity index is 2.21. The van der Waals surface area contributed by atoms with Crippen LogP contribution in [0.2, 0.25) is 0 Å². The summed E-state index contributed by atoms with van der Waals surface area (Å²) in [5.41, 5.74) is 4.68. The second kappa shape index (κ2) is 8.97. The molecule has 4 nitrogen and oxygen atoms in total. The van der Waals surface area contributed by atoms with Crippen LogP contribution in [0.4, 0.5) is 0 Å². The fourth-order valence-electron chi connectivity index (χ4n) is 3.16. The minimum absolute atomic E-state index is 0.110. The van der Waals surface area contributed by atoms with Crippen LogP contribution in [-0.4, -0.2) is 55.8 Å². The van der Waals surface area contributed by atoms with Crippen molar-refractivity contribution < 1.29 is 4.79 Å². The van der Waals surface area contributed by atoms with Gasteiger partial charge < -0.3 is 9.80 Å². The molecule has 0 N–H and O–H groups in total. The molecule has 1 unspecified atom stereocenters. The fourth-order valence-corrected chi connectivity index (χ4v) is 3.16. The lowest BCUT2D eigenvalue weighted by atomic mass is 10.0. The standard InChI is InChI=1S/C22H31N3O/c1-17-11-13-18(14-12-17)21(24(4)5)22(26)25(6)16-20-10-8-7-9-19(20)15-23(2)3/h7-14,21H,15-16H2,1-6H3. The average molecular weight is 354 g/mol. The van der Waals surface area contributed by atoms with Gasteiger partial charge in [0.15, 0.2) is 0 Å². The SMILES string of the molecule is Cc1ccc(C(C(=O)N(C)Cc2ccccc2CN(C)C)N(C)C)cc1. The highest BCUT2D eigenvalue weighted by molar-refractivity contribution is 5.83. The van der Waals surface area contributed by atoms with Crippen LogP contribution in [0.3, 0.4) is 0 Å². The number of benzene rings is 2. The third-order valence-electron chi connectivity index (χ3n) is 4.53. The minimum Gasteiger partial charge on any atom is -0.340 e. The Kier molecular flexibility index (Phi) is 6.95. The second-order valence-electron chi connectivity index (χ2n) is 7.48. The number of nitrogens with zero attached hydrogens (tertiary/aromatic N) is 3. The Labute approximate surface area is 158 Å². The molecule has 2 rings (SSSR count). The van der Waals surface area contributed by atoms with E-state index in [1.165, 1.54) is 16.7 Å². The Morgan fingerprint density at radius 2 is 1.38 bits per heavy atom. The summed E-state index contributed by atoms with van der Waals surface area (Å²) in [5, 5.41) is 0. The van der Waals surface area contributed by atoms with Crippen molar-refractivity contribution in [2.45, 2.75) is 26.1 Å². The highest BCUT2D eigenvalue weighted by Crippen LogP contribution is 2.22. The molecule has 2 aromatic rings. The van der Waals surface area contributed by atoms with Gasteiger partial charge in [-0.1, -0.05) is 54.1 Å². The Morgan fingerprint density at radius 1 is 0.846 bits per heavy atom. The summed E-state index contributed by atoms with van der Waals surface area (Å²) in [6.07, 6.45) is 0. The van der Waals surface area contributed by atoms with E-state index in [1.807, 2.05) is 49.1 Å². The number of aryl methyl sites for hydroxylation is 1. The maximum Gasteiger partial charge on any atom is 0.244 e. The lowest BCUT2D eigenvalue weighted by Gasteiger charge is -2.29. The molecule has 2 aromatic carbocycles. The minimum atomic E-state index is -0.276. The van der Waals surface area contributed by atoms with Crippen LogP contribution in [0.1, 0.15) is 28.3 Å². The van der Waals surface area contributed by atoms with Gasteiger partial charge in [-0.05, 0) is 51.8 Å². The second-order valence-corrected chi connectivity index (χ2v) is 7.48. The zero-order chi connectivity index (χ0) is 19.3. The van der Waals surface area contributed by atoms with Crippen molar-refractivity contribution in [3.05, 3.63) is 70.8 Å². The van der Waals surface area contributed by atoms with Gasteiger partial charge in [-0.15, -0.1) is 0 Å². The van der Waals surface area contributed by atoms with Gasteiger partial charge in [0.1, 0.15) is 6.04 Å². The predicted octanol–water partition coefficient (Wildman–Crippen LogP) is 3.32. The molecule has 0 saturated heterocycles. The topological polar surface area (TPSA) is 26.8 Å². The van der Waals surface area contributed by atoms with Gasteiger partial charge in [0.25, 0.3) is 0 Å². The van der Waals surface area contributed by atoms with Crippen molar-refractivity contribution in [3.8, 4) is 0 Å². The number of rotatable bonds is 7. The largest absolute Gasteiger partial charge is 0.340 e. The van der Waals surface area contributed by atoms with E-state index < -0.39 is 0 Å². The van der Waals surface area contributed by atoms with Crippen molar-refractivity contribution in [2.75, 3.05) is 35.2 Å². The van der Waals surface area contributed by atoms with Crippen molar-refractivity contribution in [1.82, 2.24) is 14.7 Å². The molecule has 0 radical (unpaired) electrons. The van der Waals surface area contributed by atoms with E-state index in [0.717, 1.165) is 12.1 Å². The third kappa shape index (κ3) is 5.16. The van der Waals surface area contributed by atoms with Crippen molar-refractivity contribution >= 4 is 5.91 Å². The first-order valence-corrected chi connectivity index (χ1v) is 8.99. The van der Waals surface area contributed by atoms with Crippen molar-refractivity contribution in [3.63, 3.8) is 0 Å². The van der Waals surface area contributed by atoms with Crippen LogP contribution in [-0.2, 0) is 17.9 Å². The highest BCUT2D eigenvalue weighted by atomic mass is 16.2. The van der Waals surface area contributed by atoms with Crippen LogP contribution in [0, 0.1) is 6.92 Å². The number of hydrogen-bond acceptors (Lipinski definition) is 3. The van der Waals surface area contributed by atoms with E-state index in [0.29, 0.717) is 6.54 Å². The van der Waals surface area contributed by atoms with E-state index in [9.17, 15) is 4.79 Å². The van der Waals surface area contributed by atoms with Gasteiger partial charge in [-0.2, -0.15) is 0 Å². The third-order valence-corrected chi connectivity index (χ3v) is 4.53. The average Bonchev–Trinajstić information content (AvgIpc) is 2.57. The van der Waals surface area contributed by atoms with E-state index in [4.69, 9.17) is 0 Å². The summed E-state index contributed by atoms with van der Waals surface area (Å²) in [5.74, 6) is 0.110. The van der Waals surface area contributed by atoms with E-state index in [2.05, 4.69) is 56.3 Å². The number of amides is 1. The summed E-state index contributed by atoms with van der Waals surface area (Å²) >= 11 is 0. The van der Waals surface area contributed by atoms with E-state index >= 15 is 0 Å². The molecule has 0 aliphatic rings. The van der Waals surface area contributed by atoms with Crippen molar-refractivity contribution in [1.29, 1.82) is 0 Å². The predicted molar refractivity (Wildman–Crippen MR) is 108 cm³/mol. The Hall–Kier alpha value is -2.17. The molecule has 4 heteroatoms. The molecule has 0 spiro atoms. The van der Waals surface area contributed by atoms with Crippen LogP contribution in [0.25, 0.3) is 0 Å². The number of likely N-dealkylation sites (N-methyl/N-ethyl adjacent to an activating group) is 2. The number of carbonyl (C=O) groups is 1. The Bertz CT molecular complexity index is 722. The van der Waals surface area contributed by atoms with Crippen LogP contribution in [0.15, 0.2) is 48.5 Å². The Morgan fingerprint density at radius 3 is 1.88 bits per heavy atom. The van der Waals surface area contributed by atoms with Gasteiger partial charge in [0.2, 0.25) is 5.91 Å². The van der Waals surface area contributed by atoms with Gasteiger partial charge in [0.05, 0.1) is 0 Å². The maximum atomic E-state index is 13.2. The first kappa shape index (κ1) is 20.1. The molecule has 0 bridgehead atoms. The fraction of sp³-hybridized carbons (Fsp3) is 0.409. The number of carbonyl (C=O) groups excluding carboxylic acids is 1. The summed E-state index contributed by atoms with van der Waals surface area (Å²) in [6, 6.07) is 16.3. The lowest BCUT2D eigenvalue weighted by Crippen LogP contribution is -2.38. The molecule has 0 saturated carbocycles. The van der Waals surface area contributed by atoms with Gasteiger partial charge in [0, 0.05) is 20.1 Å². The van der Waals surface area contributed by atoms with Gasteiger partial charge >= 0.3 is 0 Å². The quantitative estimate of drug-likeness (QED) is 0.764. The van der Waals surface area contributed by atoms with Gasteiger partial charge in [-0.3, -0.25) is 9.69 Å². The van der Waals surface area contributed by atoms with Gasteiger partial charge in [-0.25, -0.2) is 0 Å². The summed E-state index contributed by atoms with van der Waals surface area (Å²) in [6.45, 7) is 3.54. The highest BCUT2D eigenvalue weighted by Gasteiger charge is 2.26. The summed E-state index contributed by atoms with van der Waals surface area (Å²) in [7, 11) is 9.92. The monoisotopic (exact) mass is 353 g/mol. The molecule has 1 amide bonds. The van der Waals surface area contributed by atoms with Crippen LogP contribution in [0.5, 0.6) is 0 Å². The molecule has 0 aromatic heterocycles. The van der Waals surface area contributed by atoms with Crippen molar-refractivity contribution in [2.24, 2.45) is 0 Å². The zero-order valence-corrected chi connectivity index (χ0v) is 16.9. The van der Waals surface area contributed by atoms with E-state index in [1.54, 1.807) is 0 Å². The molecule has 26 heavy (non-hydrogen) atoms. The number of hydrogen-bond donors (Lipinski definition) is 0. The molecule has 1 atom stereocenters. The van der Waals surface area contributed by atoms with Crippen LogP contribution >= 0.6 is 0 Å². The normalized spacial score (nSPS) is 12.5. The smallest absolute Gasteiger partial charge is 0.244 e. The molecule has 0 aliphatic carbocycles. The molecular weight excluding hydrogens is 322 g/mol. The molecule has 140 valence electrons. The lowest BCUT2D eigenvalue weighted by molar-refractivity contribution is -0.135.